The summed E-state index contributed by atoms with van der Waals surface area (Å²) in [5.41, 5.74) is 0.910. The van der Waals surface area contributed by atoms with Gasteiger partial charge in [-0.05, 0) is 31.0 Å². The monoisotopic (exact) mass is 315 g/mol. The number of nitrogens with two attached hydrogens (primary N) is 1. The number of hydrogen-bond donors (Lipinski definition) is 3. The van der Waals surface area contributed by atoms with Crippen molar-refractivity contribution in [1.29, 1.82) is 0 Å². The average molecular weight is 315 g/mol. The van der Waals surface area contributed by atoms with Crippen LogP contribution in [0.1, 0.15) is 12.5 Å². The molecule has 0 saturated heterocycles. The highest BCUT2D eigenvalue weighted by Gasteiger charge is 2.08. The van der Waals surface area contributed by atoms with Gasteiger partial charge in [-0.25, -0.2) is 18.4 Å². The maximum absolute atomic E-state index is 11.5. The van der Waals surface area contributed by atoms with E-state index in [2.05, 4.69) is 10.6 Å². The molecule has 0 fully saturated rings. The third-order valence-electron chi connectivity index (χ3n) is 2.75. The molecule has 0 heterocycles. The zero-order valence-electron chi connectivity index (χ0n) is 12.1. The van der Waals surface area contributed by atoms with E-state index in [9.17, 15) is 13.2 Å². The molecule has 1 aromatic rings. The zero-order chi connectivity index (χ0) is 15.9. The number of rotatable bonds is 7. The normalized spacial score (nSPS) is 12.7. The first-order chi connectivity index (χ1) is 9.82. The van der Waals surface area contributed by atoms with Gasteiger partial charge in [0.2, 0.25) is 10.0 Å². The van der Waals surface area contributed by atoms with Crippen LogP contribution in [0.25, 0.3) is 0 Å². The Balaban J connectivity index is 2.37. The topological polar surface area (TPSA) is 111 Å². The van der Waals surface area contributed by atoms with Crippen molar-refractivity contribution in [3.63, 3.8) is 0 Å². The molecule has 21 heavy (non-hydrogen) atoms. The summed E-state index contributed by atoms with van der Waals surface area (Å²) >= 11 is 0. The van der Waals surface area contributed by atoms with Crippen LogP contribution < -0.4 is 15.8 Å². The van der Waals surface area contributed by atoms with Crippen LogP contribution in [0.3, 0.4) is 0 Å². The molecule has 7 nitrogen and oxygen atoms in total. The molecule has 0 saturated carbocycles. The lowest BCUT2D eigenvalue weighted by molar-refractivity contribution is 0.171. The van der Waals surface area contributed by atoms with Gasteiger partial charge in [-0.2, -0.15) is 0 Å². The van der Waals surface area contributed by atoms with Crippen LogP contribution in [0.15, 0.2) is 29.2 Å². The summed E-state index contributed by atoms with van der Waals surface area (Å²) in [4.78, 5) is 11.6. The summed E-state index contributed by atoms with van der Waals surface area (Å²) in [7, 11) is -2.09. The van der Waals surface area contributed by atoms with Gasteiger partial charge in [0.15, 0.2) is 0 Å². The molecule has 8 heteroatoms. The minimum Gasteiger partial charge on any atom is -0.383 e. The van der Waals surface area contributed by atoms with Crippen LogP contribution in [0.5, 0.6) is 0 Å². The van der Waals surface area contributed by atoms with Crippen molar-refractivity contribution in [2.45, 2.75) is 24.3 Å². The van der Waals surface area contributed by atoms with Crippen molar-refractivity contribution in [2.24, 2.45) is 5.14 Å². The van der Waals surface area contributed by atoms with E-state index in [1.807, 2.05) is 6.92 Å². The third-order valence-corrected chi connectivity index (χ3v) is 3.67. The number of hydrogen-bond acceptors (Lipinski definition) is 4. The number of nitrogens with one attached hydrogen (secondary N) is 2. The Morgan fingerprint density at radius 3 is 2.48 bits per heavy atom. The number of ether oxygens (including phenoxy) is 1. The number of carbonyl (C=O) groups excluding carboxylic acids is 1. The van der Waals surface area contributed by atoms with E-state index >= 15 is 0 Å². The van der Waals surface area contributed by atoms with E-state index in [1.54, 1.807) is 19.2 Å². The van der Waals surface area contributed by atoms with Crippen molar-refractivity contribution < 1.29 is 17.9 Å². The van der Waals surface area contributed by atoms with Crippen LogP contribution in [-0.2, 0) is 21.2 Å². The molecule has 1 rings (SSSR count). The van der Waals surface area contributed by atoms with E-state index in [0.717, 1.165) is 5.56 Å². The summed E-state index contributed by atoms with van der Waals surface area (Å²) < 4.78 is 27.1. The fourth-order valence-corrected chi connectivity index (χ4v) is 2.25. The minimum absolute atomic E-state index is 0.0657. The fraction of sp³-hybridized carbons (Fsp3) is 0.462. The molecule has 1 aromatic carbocycles. The molecule has 0 unspecified atom stereocenters. The van der Waals surface area contributed by atoms with E-state index < -0.39 is 10.0 Å². The van der Waals surface area contributed by atoms with Gasteiger partial charge < -0.3 is 15.4 Å². The summed E-state index contributed by atoms with van der Waals surface area (Å²) in [5.74, 6) is 0. The lowest BCUT2D eigenvalue weighted by Crippen LogP contribution is -2.43. The van der Waals surface area contributed by atoms with E-state index in [1.165, 1.54) is 12.1 Å². The predicted octanol–water partition coefficient (Wildman–Crippen LogP) is 0.211. The summed E-state index contributed by atoms with van der Waals surface area (Å²) in [6, 6.07) is 5.92. The maximum Gasteiger partial charge on any atom is 0.315 e. The van der Waals surface area contributed by atoms with Gasteiger partial charge in [-0.15, -0.1) is 0 Å². The Bertz CT molecular complexity index is 557. The van der Waals surface area contributed by atoms with Crippen molar-refractivity contribution >= 4 is 16.1 Å². The largest absolute Gasteiger partial charge is 0.383 e. The van der Waals surface area contributed by atoms with Crippen molar-refractivity contribution in [3.8, 4) is 0 Å². The second-order valence-electron chi connectivity index (χ2n) is 4.70. The third kappa shape index (κ3) is 6.56. The molecule has 0 radical (unpaired) electrons. The number of benzene rings is 1. The van der Waals surface area contributed by atoms with Gasteiger partial charge in [-0.1, -0.05) is 12.1 Å². The second-order valence-corrected chi connectivity index (χ2v) is 6.26. The van der Waals surface area contributed by atoms with Crippen LogP contribution in [0.2, 0.25) is 0 Å². The van der Waals surface area contributed by atoms with Crippen molar-refractivity contribution in [3.05, 3.63) is 29.8 Å². The first-order valence-corrected chi connectivity index (χ1v) is 8.02. The molecule has 0 aliphatic heterocycles. The van der Waals surface area contributed by atoms with Gasteiger partial charge in [0.1, 0.15) is 0 Å². The summed E-state index contributed by atoms with van der Waals surface area (Å²) in [5, 5.41) is 10.5. The standard InChI is InChI=1S/C13H21N3O4S/c1-10(9-20-2)16-13(17)15-8-7-11-3-5-12(6-4-11)21(14,18)19/h3-6,10H,7-9H2,1-2H3,(H2,14,18,19)(H2,15,16,17)/t10-/m1/s1. The van der Waals surface area contributed by atoms with Crippen LogP contribution >= 0.6 is 0 Å². The molecule has 0 aromatic heterocycles. The van der Waals surface area contributed by atoms with E-state index in [-0.39, 0.29) is 17.0 Å². The molecule has 0 aliphatic carbocycles. The Morgan fingerprint density at radius 2 is 1.95 bits per heavy atom. The quantitative estimate of drug-likeness (QED) is 0.668. The minimum atomic E-state index is -3.66. The molecular formula is C13H21N3O4S. The molecule has 1 atom stereocenters. The number of primary sulfonamides is 1. The smallest absolute Gasteiger partial charge is 0.315 e. The van der Waals surface area contributed by atoms with Crippen LogP contribution in [0.4, 0.5) is 4.79 Å². The first kappa shape index (κ1) is 17.4. The van der Waals surface area contributed by atoms with E-state index in [0.29, 0.717) is 19.6 Å². The molecule has 118 valence electrons. The van der Waals surface area contributed by atoms with Crippen molar-refractivity contribution in [2.75, 3.05) is 20.3 Å². The maximum atomic E-state index is 11.5. The first-order valence-electron chi connectivity index (χ1n) is 6.48. The predicted molar refractivity (Wildman–Crippen MR) is 79.4 cm³/mol. The number of sulfonamides is 1. The highest BCUT2D eigenvalue weighted by Crippen LogP contribution is 2.08. The van der Waals surface area contributed by atoms with E-state index in [4.69, 9.17) is 9.88 Å². The molecule has 0 aliphatic rings. The lowest BCUT2D eigenvalue weighted by atomic mass is 10.1. The highest BCUT2D eigenvalue weighted by molar-refractivity contribution is 7.89. The molecular weight excluding hydrogens is 294 g/mol. The van der Waals surface area contributed by atoms with Gasteiger partial charge in [0.05, 0.1) is 17.5 Å². The van der Waals surface area contributed by atoms with Crippen LogP contribution in [-0.4, -0.2) is 40.8 Å². The number of methoxy groups -OCH3 is 1. The Hall–Kier alpha value is -1.64. The summed E-state index contributed by atoms with van der Waals surface area (Å²) in [6.07, 6.45) is 0.594. The summed E-state index contributed by atoms with van der Waals surface area (Å²) in [6.45, 7) is 2.73. The van der Waals surface area contributed by atoms with Gasteiger partial charge in [0, 0.05) is 13.7 Å². The molecule has 0 spiro atoms. The number of urea groups is 1. The van der Waals surface area contributed by atoms with Crippen LogP contribution in [0, 0.1) is 0 Å². The SMILES string of the molecule is COC[C@@H](C)NC(=O)NCCc1ccc(S(N)(=O)=O)cc1. The Morgan fingerprint density at radius 1 is 1.33 bits per heavy atom. The average Bonchev–Trinajstić information content (AvgIpc) is 2.38. The Kier molecular flexibility index (Phi) is 6.60. The molecule has 0 bridgehead atoms. The van der Waals surface area contributed by atoms with Gasteiger partial charge in [-0.3, -0.25) is 0 Å². The fourth-order valence-electron chi connectivity index (χ4n) is 1.73. The van der Waals surface area contributed by atoms with Crippen molar-refractivity contribution in [1.82, 2.24) is 10.6 Å². The second kappa shape index (κ2) is 7.96. The lowest BCUT2D eigenvalue weighted by Gasteiger charge is -2.13. The highest BCUT2D eigenvalue weighted by atomic mass is 32.2. The molecule has 4 N–H and O–H groups in total. The van der Waals surface area contributed by atoms with Gasteiger partial charge in [0.25, 0.3) is 0 Å². The number of carbonyl (C=O) groups is 1. The molecule has 2 amide bonds. The number of amides is 2. The van der Waals surface area contributed by atoms with Gasteiger partial charge >= 0.3 is 6.03 Å². The Labute approximate surface area is 124 Å². The zero-order valence-corrected chi connectivity index (χ0v) is 12.9.